The van der Waals surface area contributed by atoms with Crippen LogP contribution in [0.15, 0.2) is 36.7 Å². The maximum absolute atomic E-state index is 12.4. The number of nitrogens with one attached hydrogen (secondary N) is 1. The summed E-state index contributed by atoms with van der Waals surface area (Å²) < 4.78 is 10.5. The van der Waals surface area contributed by atoms with Gasteiger partial charge in [-0.1, -0.05) is 18.2 Å². The van der Waals surface area contributed by atoms with Gasteiger partial charge in [-0.3, -0.25) is 4.79 Å². The van der Waals surface area contributed by atoms with Gasteiger partial charge in [-0.05, 0) is 50.8 Å². The van der Waals surface area contributed by atoms with E-state index in [4.69, 9.17) is 9.47 Å². The first-order chi connectivity index (χ1) is 16.2. The molecule has 1 saturated heterocycles. The van der Waals surface area contributed by atoms with Crippen LogP contribution < -0.4 is 10.2 Å². The summed E-state index contributed by atoms with van der Waals surface area (Å²) in [6, 6.07) is 8.25. The van der Waals surface area contributed by atoms with Crippen LogP contribution in [-0.4, -0.2) is 72.4 Å². The molecule has 0 aliphatic carbocycles. The number of methoxy groups -OCH3 is 1. The number of benzene rings is 1. The molecule has 1 aliphatic heterocycles. The summed E-state index contributed by atoms with van der Waals surface area (Å²) in [7, 11) is 3.42. The van der Waals surface area contributed by atoms with Crippen LogP contribution >= 0.6 is 0 Å². The van der Waals surface area contributed by atoms with Crippen molar-refractivity contribution in [1.29, 1.82) is 0 Å². The summed E-state index contributed by atoms with van der Waals surface area (Å²) in [4.78, 5) is 37.2. The molecule has 1 aromatic heterocycles. The van der Waals surface area contributed by atoms with Crippen LogP contribution in [0.5, 0.6) is 0 Å². The Balaban J connectivity index is 1.59. The maximum Gasteiger partial charge on any atom is 0.408 e. The van der Waals surface area contributed by atoms with Gasteiger partial charge in [0.2, 0.25) is 11.9 Å². The largest absolute Gasteiger partial charge is 0.444 e. The highest BCUT2D eigenvalue weighted by Crippen LogP contribution is 2.25. The average Bonchev–Trinajstić information content (AvgIpc) is 3.25. The molecule has 9 heteroatoms. The highest BCUT2D eigenvalue weighted by atomic mass is 16.6. The first-order valence-corrected chi connectivity index (χ1v) is 11.5. The molecule has 2 heterocycles. The van der Waals surface area contributed by atoms with Gasteiger partial charge in [0.15, 0.2) is 0 Å². The Morgan fingerprint density at radius 3 is 2.62 bits per heavy atom. The molecule has 34 heavy (non-hydrogen) atoms. The van der Waals surface area contributed by atoms with Crippen LogP contribution in [0.3, 0.4) is 0 Å². The van der Waals surface area contributed by atoms with Crippen molar-refractivity contribution in [3.05, 3.63) is 42.2 Å². The number of carbonyl (C=O) groups is 2. The highest BCUT2D eigenvalue weighted by Gasteiger charge is 2.26. The van der Waals surface area contributed by atoms with Gasteiger partial charge in [-0.15, -0.1) is 0 Å². The lowest BCUT2D eigenvalue weighted by Crippen LogP contribution is -2.40. The molecule has 1 fully saturated rings. The number of aromatic nitrogens is 2. The molecular formula is C25H35N5O4. The summed E-state index contributed by atoms with van der Waals surface area (Å²) in [6.45, 7) is 7.22. The molecule has 184 valence electrons. The van der Waals surface area contributed by atoms with Gasteiger partial charge in [0, 0.05) is 45.2 Å². The lowest BCUT2D eigenvalue weighted by atomic mass is 10.1. The number of nitrogens with zero attached hydrogens (tertiary/aromatic N) is 4. The van der Waals surface area contributed by atoms with Crippen LogP contribution in [0.1, 0.15) is 39.2 Å². The van der Waals surface area contributed by atoms with Crippen molar-refractivity contribution in [2.24, 2.45) is 0 Å². The summed E-state index contributed by atoms with van der Waals surface area (Å²) in [6.07, 6.45) is 5.26. The van der Waals surface area contributed by atoms with Gasteiger partial charge < -0.3 is 24.6 Å². The van der Waals surface area contributed by atoms with Crippen LogP contribution in [0.2, 0.25) is 0 Å². The van der Waals surface area contributed by atoms with Crippen LogP contribution in [0.25, 0.3) is 11.1 Å². The zero-order valence-corrected chi connectivity index (χ0v) is 20.7. The van der Waals surface area contributed by atoms with Crippen molar-refractivity contribution >= 4 is 17.9 Å². The molecule has 0 saturated carbocycles. The Morgan fingerprint density at radius 2 is 1.94 bits per heavy atom. The fraction of sp³-hybridized carbons (Fsp3) is 0.520. The number of carbonyl (C=O) groups excluding carboxylic acids is 2. The molecule has 1 N–H and O–H groups in total. The quantitative estimate of drug-likeness (QED) is 0.634. The van der Waals surface area contributed by atoms with Crippen molar-refractivity contribution in [3.8, 4) is 11.1 Å². The maximum atomic E-state index is 12.4. The number of ether oxygens (including phenoxy) is 2. The van der Waals surface area contributed by atoms with E-state index in [0.29, 0.717) is 19.2 Å². The third kappa shape index (κ3) is 7.15. The van der Waals surface area contributed by atoms with E-state index in [1.54, 1.807) is 39.8 Å². The molecule has 1 aromatic carbocycles. The number of hydrogen-bond donors (Lipinski definition) is 1. The van der Waals surface area contributed by atoms with Crippen LogP contribution in [-0.2, 0) is 20.8 Å². The third-order valence-electron chi connectivity index (χ3n) is 5.52. The van der Waals surface area contributed by atoms with E-state index in [2.05, 4.69) is 20.2 Å². The average molecular weight is 470 g/mol. The predicted octanol–water partition coefficient (Wildman–Crippen LogP) is 3.24. The first kappa shape index (κ1) is 25.4. The van der Waals surface area contributed by atoms with E-state index in [9.17, 15) is 9.59 Å². The minimum absolute atomic E-state index is 0.124. The Hall–Kier alpha value is -3.20. The number of likely N-dealkylation sites (N-methyl/N-ethyl adjacent to an activating group) is 1. The summed E-state index contributed by atoms with van der Waals surface area (Å²) in [5.74, 6) is 0.516. The smallest absolute Gasteiger partial charge is 0.408 e. The van der Waals surface area contributed by atoms with Crippen molar-refractivity contribution in [3.63, 3.8) is 0 Å². The van der Waals surface area contributed by atoms with Crippen molar-refractivity contribution in [2.75, 3.05) is 38.8 Å². The molecule has 1 unspecified atom stereocenters. The third-order valence-corrected chi connectivity index (χ3v) is 5.52. The van der Waals surface area contributed by atoms with Gasteiger partial charge in [-0.25, -0.2) is 14.8 Å². The second-order valence-corrected chi connectivity index (χ2v) is 9.52. The second kappa shape index (κ2) is 11.3. The molecule has 1 atom stereocenters. The van der Waals surface area contributed by atoms with Crippen molar-refractivity contribution < 1.29 is 19.1 Å². The van der Waals surface area contributed by atoms with E-state index >= 15 is 0 Å². The van der Waals surface area contributed by atoms with Crippen LogP contribution in [0.4, 0.5) is 10.7 Å². The fourth-order valence-electron chi connectivity index (χ4n) is 3.89. The lowest BCUT2D eigenvalue weighted by Gasteiger charge is -2.24. The molecule has 9 nitrogen and oxygen atoms in total. The van der Waals surface area contributed by atoms with Crippen molar-refractivity contribution in [1.82, 2.24) is 20.2 Å². The Bertz CT molecular complexity index is 974. The van der Waals surface area contributed by atoms with E-state index in [-0.39, 0.29) is 12.5 Å². The Labute approximate surface area is 201 Å². The van der Waals surface area contributed by atoms with Gasteiger partial charge in [0.1, 0.15) is 12.1 Å². The molecule has 2 amide bonds. The number of hydrogen-bond acceptors (Lipinski definition) is 7. The molecule has 1 aliphatic rings. The minimum Gasteiger partial charge on any atom is -0.444 e. The molecule has 2 aromatic rings. The number of anilines is 1. The van der Waals surface area contributed by atoms with Gasteiger partial charge in [0.25, 0.3) is 0 Å². The van der Waals surface area contributed by atoms with E-state index in [1.165, 1.54) is 0 Å². The van der Waals surface area contributed by atoms with E-state index in [0.717, 1.165) is 42.0 Å². The monoisotopic (exact) mass is 469 g/mol. The predicted molar refractivity (Wildman–Crippen MR) is 130 cm³/mol. The molecule has 0 spiro atoms. The standard InChI is InChI=1S/C25H35N5O4/c1-25(2,3)34-24(32)28-15-22(31)29(4)16-18-8-6-9-19(12-18)20-13-26-23(27-14-20)30-11-7-10-21(30)17-33-5/h6,8-9,12-14,21H,7,10-11,15-17H2,1-5H3,(H,28,32). The van der Waals surface area contributed by atoms with Gasteiger partial charge >= 0.3 is 6.09 Å². The second-order valence-electron chi connectivity index (χ2n) is 9.52. The normalized spacial score (nSPS) is 15.8. The molecular weight excluding hydrogens is 434 g/mol. The van der Waals surface area contributed by atoms with Gasteiger partial charge in [0.05, 0.1) is 12.6 Å². The van der Waals surface area contributed by atoms with E-state index < -0.39 is 11.7 Å². The molecule has 0 bridgehead atoms. The molecule has 0 radical (unpaired) electrons. The highest BCUT2D eigenvalue weighted by molar-refractivity contribution is 5.82. The fourth-order valence-corrected chi connectivity index (χ4v) is 3.89. The zero-order valence-electron chi connectivity index (χ0n) is 20.7. The minimum atomic E-state index is -0.610. The number of amides is 2. The lowest BCUT2D eigenvalue weighted by molar-refractivity contribution is -0.129. The van der Waals surface area contributed by atoms with Crippen molar-refractivity contribution in [2.45, 2.75) is 51.8 Å². The SMILES string of the molecule is COCC1CCCN1c1ncc(-c2cccc(CN(C)C(=O)CNC(=O)OC(C)(C)C)c2)cn1. The summed E-state index contributed by atoms with van der Waals surface area (Å²) in [5, 5.41) is 2.50. The first-order valence-electron chi connectivity index (χ1n) is 11.5. The Morgan fingerprint density at radius 1 is 1.21 bits per heavy atom. The van der Waals surface area contributed by atoms with E-state index in [1.807, 2.05) is 36.7 Å². The molecule has 3 rings (SSSR count). The summed E-state index contributed by atoms with van der Waals surface area (Å²) in [5.41, 5.74) is 2.25. The van der Waals surface area contributed by atoms with Gasteiger partial charge in [-0.2, -0.15) is 0 Å². The Kier molecular flexibility index (Phi) is 8.44. The summed E-state index contributed by atoms with van der Waals surface area (Å²) >= 11 is 0. The zero-order chi connectivity index (χ0) is 24.7. The number of alkyl carbamates (subject to hydrolysis) is 1. The topological polar surface area (TPSA) is 96.9 Å². The van der Waals surface area contributed by atoms with Crippen LogP contribution in [0, 0.1) is 0 Å². The number of rotatable bonds is 8.